The molecular weight excluding hydrogens is 360 g/mol. The van der Waals surface area contributed by atoms with Gasteiger partial charge < -0.3 is 10.2 Å². The van der Waals surface area contributed by atoms with Crippen LogP contribution < -0.4 is 5.32 Å². The van der Waals surface area contributed by atoms with Crippen LogP contribution >= 0.6 is 11.6 Å². The Hall–Kier alpha value is -2.33. The highest BCUT2D eigenvalue weighted by Crippen LogP contribution is 2.20. The Morgan fingerprint density at radius 3 is 2.48 bits per heavy atom. The first-order valence-electron chi connectivity index (χ1n) is 9.20. The van der Waals surface area contributed by atoms with Crippen LogP contribution in [0, 0.1) is 13.8 Å². The third-order valence-electron chi connectivity index (χ3n) is 4.66. The van der Waals surface area contributed by atoms with Crippen molar-refractivity contribution in [1.29, 1.82) is 0 Å². The first kappa shape index (κ1) is 21.0. The highest BCUT2D eigenvalue weighted by atomic mass is 35.5. The van der Waals surface area contributed by atoms with Crippen LogP contribution in [0.25, 0.3) is 0 Å². The third-order valence-corrected chi connectivity index (χ3v) is 5.03. The average molecular weight is 387 g/mol. The lowest BCUT2D eigenvalue weighted by Gasteiger charge is -2.29. The van der Waals surface area contributed by atoms with Crippen molar-refractivity contribution >= 4 is 23.4 Å². The third kappa shape index (κ3) is 5.57. The van der Waals surface area contributed by atoms with E-state index >= 15 is 0 Å². The SMILES string of the molecule is CCNC(=O)[C@@H](C)N(Cc1ccccc1Cl)C(=O)Cc1cc(C)ccc1C. The summed E-state index contributed by atoms with van der Waals surface area (Å²) in [4.78, 5) is 27.1. The molecule has 4 nitrogen and oxygen atoms in total. The lowest BCUT2D eigenvalue weighted by Crippen LogP contribution is -2.48. The second-order valence-corrected chi connectivity index (χ2v) is 7.20. The molecule has 2 amide bonds. The monoisotopic (exact) mass is 386 g/mol. The Kier molecular flexibility index (Phi) is 7.43. The summed E-state index contributed by atoms with van der Waals surface area (Å²) in [6.45, 7) is 8.43. The fourth-order valence-electron chi connectivity index (χ4n) is 2.97. The molecule has 0 spiro atoms. The van der Waals surface area contributed by atoms with Crippen molar-refractivity contribution in [2.24, 2.45) is 0 Å². The van der Waals surface area contributed by atoms with E-state index in [-0.39, 0.29) is 18.2 Å². The van der Waals surface area contributed by atoms with Gasteiger partial charge in [0, 0.05) is 18.1 Å². The first-order chi connectivity index (χ1) is 12.8. The molecule has 0 aliphatic heterocycles. The van der Waals surface area contributed by atoms with Gasteiger partial charge in [-0.2, -0.15) is 0 Å². The van der Waals surface area contributed by atoms with E-state index in [1.54, 1.807) is 17.9 Å². The largest absolute Gasteiger partial charge is 0.355 e. The fourth-order valence-corrected chi connectivity index (χ4v) is 3.17. The van der Waals surface area contributed by atoms with E-state index in [1.807, 2.05) is 57.2 Å². The Morgan fingerprint density at radius 1 is 1.11 bits per heavy atom. The van der Waals surface area contributed by atoms with E-state index < -0.39 is 6.04 Å². The summed E-state index contributed by atoms with van der Waals surface area (Å²) in [7, 11) is 0. The van der Waals surface area contributed by atoms with Gasteiger partial charge in [0.15, 0.2) is 0 Å². The van der Waals surface area contributed by atoms with Gasteiger partial charge in [-0.05, 0) is 50.5 Å². The maximum absolute atomic E-state index is 13.1. The summed E-state index contributed by atoms with van der Waals surface area (Å²) in [6.07, 6.45) is 0.252. The number of benzene rings is 2. The minimum atomic E-state index is -0.584. The molecule has 0 bridgehead atoms. The maximum Gasteiger partial charge on any atom is 0.242 e. The van der Waals surface area contributed by atoms with Gasteiger partial charge in [-0.3, -0.25) is 9.59 Å². The minimum Gasteiger partial charge on any atom is -0.355 e. The molecule has 0 saturated carbocycles. The number of hydrogen-bond acceptors (Lipinski definition) is 2. The summed E-state index contributed by atoms with van der Waals surface area (Å²) >= 11 is 6.29. The average Bonchev–Trinajstić information content (AvgIpc) is 2.63. The van der Waals surface area contributed by atoms with Crippen molar-refractivity contribution in [2.45, 2.75) is 46.7 Å². The number of amides is 2. The molecule has 1 atom stereocenters. The predicted octanol–water partition coefficient (Wildman–Crippen LogP) is 4.05. The zero-order chi connectivity index (χ0) is 20.0. The van der Waals surface area contributed by atoms with Crippen LogP contribution in [0.1, 0.15) is 36.1 Å². The quantitative estimate of drug-likeness (QED) is 0.780. The Morgan fingerprint density at radius 2 is 1.81 bits per heavy atom. The summed E-state index contributed by atoms with van der Waals surface area (Å²) < 4.78 is 0. The first-order valence-corrected chi connectivity index (χ1v) is 9.58. The number of likely N-dealkylation sites (N-methyl/N-ethyl adjacent to an activating group) is 1. The summed E-state index contributed by atoms with van der Waals surface area (Å²) in [5, 5.41) is 3.39. The number of rotatable bonds is 7. The van der Waals surface area contributed by atoms with Gasteiger partial charge in [-0.25, -0.2) is 0 Å². The normalized spacial score (nSPS) is 11.7. The molecule has 2 aromatic rings. The highest BCUT2D eigenvalue weighted by molar-refractivity contribution is 6.31. The molecule has 1 N–H and O–H groups in total. The van der Waals surface area contributed by atoms with E-state index in [0.717, 1.165) is 22.3 Å². The summed E-state index contributed by atoms with van der Waals surface area (Å²) in [5.74, 6) is -0.263. The molecule has 0 saturated heterocycles. The number of halogens is 1. The molecule has 0 heterocycles. The van der Waals surface area contributed by atoms with Crippen LogP contribution in [-0.2, 0) is 22.6 Å². The van der Waals surface area contributed by atoms with Crippen molar-refractivity contribution in [3.05, 3.63) is 69.7 Å². The van der Waals surface area contributed by atoms with Gasteiger partial charge >= 0.3 is 0 Å². The van der Waals surface area contributed by atoms with E-state index in [0.29, 0.717) is 18.1 Å². The molecule has 0 aliphatic carbocycles. The van der Waals surface area contributed by atoms with E-state index in [9.17, 15) is 9.59 Å². The van der Waals surface area contributed by atoms with Crippen molar-refractivity contribution in [2.75, 3.05) is 6.54 Å². The Labute approximate surface area is 166 Å². The number of carbonyl (C=O) groups is 2. The van der Waals surface area contributed by atoms with Gasteiger partial charge in [-0.15, -0.1) is 0 Å². The second-order valence-electron chi connectivity index (χ2n) is 6.79. The van der Waals surface area contributed by atoms with Crippen molar-refractivity contribution in [3.8, 4) is 0 Å². The number of hydrogen-bond donors (Lipinski definition) is 1. The van der Waals surface area contributed by atoms with Gasteiger partial charge in [0.05, 0.1) is 6.42 Å². The van der Waals surface area contributed by atoms with Gasteiger partial charge in [-0.1, -0.05) is 53.6 Å². The maximum atomic E-state index is 13.1. The number of nitrogens with zero attached hydrogens (tertiary/aromatic N) is 1. The molecule has 144 valence electrons. The van der Waals surface area contributed by atoms with Gasteiger partial charge in [0.25, 0.3) is 0 Å². The van der Waals surface area contributed by atoms with Crippen LogP contribution in [0.4, 0.5) is 0 Å². The standard InChI is InChI=1S/C22H27ClN2O2/c1-5-24-22(27)17(4)25(14-18-8-6-7-9-20(18)23)21(26)13-19-12-15(2)10-11-16(19)3/h6-12,17H,5,13-14H2,1-4H3,(H,24,27)/t17-/m1/s1. The fraction of sp³-hybridized carbons (Fsp3) is 0.364. The molecule has 2 rings (SSSR count). The summed E-state index contributed by atoms with van der Waals surface area (Å²) in [6, 6.07) is 12.9. The molecule has 2 aromatic carbocycles. The van der Waals surface area contributed by atoms with E-state index in [4.69, 9.17) is 11.6 Å². The second kappa shape index (κ2) is 9.56. The zero-order valence-corrected chi connectivity index (χ0v) is 17.1. The molecule has 0 aromatic heterocycles. The number of nitrogens with one attached hydrogen (secondary N) is 1. The minimum absolute atomic E-state index is 0.0950. The topological polar surface area (TPSA) is 49.4 Å². The van der Waals surface area contributed by atoms with Crippen LogP contribution in [0.5, 0.6) is 0 Å². The van der Waals surface area contributed by atoms with Crippen molar-refractivity contribution in [3.63, 3.8) is 0 Å². The highest BCUT2D eigenvalue weighted by Gasteiger charge is 2.26. The van der Waals surface area contributed by atoms with E-state index in [1.165, 1.54) is 0 Å². The lowest BCUT2D eigenvalue weighted by atomic mass is 10.0. The summed E-state index contributed by atoms with van der Waals surface area (Å²) in [5.41, 5.74) is 3.98. The van der Waals surface area contributed by atoms with Crippen LogP contribution in [0.3, 0.4) is 0 Å². The van der Waals surface area contributed by atoms with E-state index in [2.05, 4.69) is 5.32 Å². The van der Waals surface area contributed by atoms with Crippen molar-refractivity contribution in [1.82, 2.24) is 10.2 Å². The Balaban J connectivity index is 2.30. The molecule has 5 heteroatoms. The molecule has 0 aliphatic rings. The van der Waals surface area contributed by atoms with Gasteiger partial charge in [0.1, 0.15) is 6.04 Å². The zero-order valence-electron chi connectivity index (χ0n) is 16.4. The Bertz CT molecular complexity index is 820. The van der Waals surface area contributed by atoms with Gasteiger partial charge in [0.2, 0.25) is 11.8 Å². The van der Waals surface area contributed by atoms with Crippen LogP contribution in [0.2, 0.25) is 5.02 Å². The lowest BCUT2D eigenvalue weighted by molar-refractivity contribution is -0.140. The van der Waals surface area contributed by atoms with Crippen LogP contribution in [-0.4, -0.2) is 29.3 Å². The number of aryl methyl sites for hydroxylation is 2. The smallest absolute Gasteiger partial charge is 0.242 e. The molecule has 0 fully saturated rings. The van der Waals surface area contributed by atoms with Crippen molar-refractivity contribution < 1.29 is 9.59 Å². The molecular formula is C22H27ClN2O2. The molecule has 0 unspecified atom stereocenters. The van der Waals surface area contributed by atoms with Crippen LogP contribution in [0.15, 0.2) is 42.5 Å². The molecule has 27 heavy (non-hydrogen) atoms. The molecule has 0 radical (unpaired) electrons. The predicted molar refractivity (Wildman–Crippen MR) is 110 cm³/mol. The number of carbonyl (C=O) groups excluding carboxylic acids is 2.